The summed E-state index contributed by atoms with van der Waals surface area (Å²) < 4.78 is 48.1. The zero-order valence-electron chi connectivity index (χ0n) is 15.9. The normalized spacial score (nSPS) is 19.2. The van der Waals surface area contributed by atoms with E-state index >= 15 is 0 Å². The first kappa shape index (κ1) is 9.50. The van der Waals surface area contributed by atoms with Crippen LogP contribution < -0.4 is 0 Å². The van der Waals surface area contributed by atoms with Gasteiger partial charge in [0, 0.05) is 13.5 Å². The molecule has 1 aromatic carbocycles. The van der Waals surface area contributed by atoms with Gasteiger partial charge in [0.25, 0.3) is 0 Å². The molecule has 4 heteroatoms. The third-order valence-corrected chi connectivity index (χ3v) is 2.28. The first-order valence-electron chi connectivity index (χ1n) is 8.53. The van der Waals surface area contributed by atoms with Crippen LogP contribution in [0.25, 0.3) is 0 Å². The zero-order chi connectivity index (χ0) is 18.4. The van der Waals surface area contributed by atoms with Crippen molar-refractivity contribution >= 4 is 5.97 Å². The molecule has 0 heterocycles. The number of hydrogen-bond acceptors (Lipinski definition) is 4. The highest BCUT2D eigenvalue weighted by atomic mass is 16.5. The highest BCUT2D eigenvalue weighted by molar-refractivity contribution is 5.70. The van der Waals surface area contributed by atoms with Crippen LogP contribution in [0.4, 0.5) is 0 Å². The second-order valence-electron chi connectivity index (χ2n) is 4.00. The molecular formula is C15H22O4. The molecule has 1 rings (SSSR count). The van der Waals surface area contributed by atoms with Crippen LogP contribution in [0, 0.1) is 0 Å². The van der Waals surface area contributed by atoms with E-state index in [0.717, 1.165) is 5.56 Å². The fourth-order valence-electron chi connectivity index (χ4n) is 1.40. The predicted molar refractivity (Wildman–Crippen MR) is 72.6 cm³/mol. The monoisotopic (exact) mass is 271 g/mol. The largest absolute Gasteiger partial charge is 0.466 e. The smallest absolute Gasteiger partial charge is 0.308 e. The fourth-order valence-corrected chi connectivity index (χ4v) is 1.40. The molecule has 0 bridgehead atoms. The first-order valence-corrected chi connectivity index (χ1v) is 6.03. The molecule has 0 aliphatic rings. The Bertz CT molecular complexity index is 532. The quantitative estimate of drug-likeness (QED) is 0.737. The molecule has 0 radical (unpaired) electrons. The van der Waals surface area contributed by atoms with Gasteiger partial charge in [-0.3, -0.25) is 4.79 Å². The Hall–Kier alpha value is -1.39. The molecule has 0 aliphatic heterocycles. The number of hydrogen-bond donors (Lipinski definition) is 1. The second kappa shape index (κ2) is 7.92. The summed E-state index contributed by atoms with van der Waals surface area (Å²) >= 11 is 0. The number of rotatable bonds is 8. The third-order valence-electron chi connectivity index (χ3n) is 2.28. The summed E-state index contributed by atoms with van der Waals surface area (Å²) in [6.07, 6.45) is -3.67. The summed E-state index contributed by atoms with van der Waals surface area (Å²) in [6.45, 7) is -2.22. The molecular weight excluding hydrogens is 244 g/mol. The van der Waals surface area contributed by atoms with Crippen molar-refractivity contribution in [2.75, 3.05) is 13.2 Å². The van der Waals surface area contributed by atoms with Gasteiger partial charge < -0.3 is 14.6 Å². The van der Waals surface area contributed by atoms with Crippen LogP contribution in [-0.2, 0) is 20.9 Å². The molecule has 1 aromatic rings. The van der Waals surface area contributed by atoms with Crippen LogP contribution in [0.15, 0.2) is 30.3 Å². The van der Waals surface area contributed by atoms with Gasteiger partial charge in [0.2, 0.25) is 0 Å². The number of aliphatic hydroxyl groups is 1. The van der Waals surface area contributed by atoms with Crippen LogP contribution in [0.2, 0.25) is 0 Å². The molecule has 4 nitrogen and oxygen atoms in total. The fraction of sp³-hybridized carbons (Fsp3) is 0.533. The minimum Gasteiger partial charge on any atom is -0.466 e. The molecule has 0 saturated heterocycles. The third kappa shape index (κ3) is 6.94. The van der Waals surface area contributed by atoms with Crippen LogP contribution in [-0.4, -0.2) is 29.9 Å². The van der Waals surface area contributed by atoms with E-state index in [1.54, 1.807) is 24.3 Å². The highest BCUT2D eigenvalue weighted by Gasteiger charge is 2.24. The lowest BCUT2D eigenvalue weighted by Gasteiger charge is -2.21. The number of ether oxygens (including phenoxy) is 2. The van der Waals surface area contributed by atoms with E-state index in [4.69, 9.17) is 11.6 Å². The van der Waals surface area contributed by atoms with Crippen LogP contribution >= 0.6 is 0 Å². The number of carbonyl (C=O) groups excluding carboxylic acids is 1. The van der Waals surface area contributed by atoms with Crippen LogP contribution in [0.1, 0.15) is 39.0 Å². The van der Waals surface area contributed by atoms with Crippen molar-refractivity contribution in [1.82, 2.24) is 0 Å². The summed E-state index contributed by atoms with van der Waals surface area (Å²) in [5.41, 5.74) is -2.14. The molecule has 1 N–H and O–H groups in total. The lowest BCUT2D eigenvalue weighted by molar-refractivity contribution is -0.148. The number of esters is 1. The van der Waals surface area contributed by atoms with Gasteiger partial charge in [0.05, 0.1) is 25.2 Å². The van der Waals surface area contributed by atoms with Gasteiger partial charge in [0.1, 0.15) is 0 Å². The standard InChI is InChI=1S/C15H22O4/c1-3-19-14(16)11-15(2,17)9-10-18-12-13-7-5-4-6-8-13/h4-8,17H,3,9-12H2,1-2H3/i2D3,9D2. The van der Waals surface area contributed by atoms with Gasteiger partial charge in [-0.15, -0.1) is 0 Å². The van der Waals surface area contributed by atoms with Gasteiger partial charge in [-0.1, -0.05) is 30.3 Å². The predicted octanol–water partition coefficient (Wildman–Crippen LogP) is 2.30. The van der Waals surface area contributed by atoms with Crippen molar-refractivity contribution in [2.45, 2.75) is 38.8 Å². The summed E-state index contributed by atoms with van der Waals surface area (Å²) in [6, 6.07) is 8.92. The van der Waals surface area contributed by atoms with Gasteiger partial charge >= 0.3 is 5.97 Å². The molecule has 1 atom stereocenters. The number of carbonyl (C=O) groups is 1. The Balaban J connectivity index is 2.84. The van der Waals surface area contributed by atoms with Crippen LogP contribution in [0.5, 0.6) is 0 Å². The highest BCUT2D eigenvalue weighted by Crippen LogP contribution is 2.15. The maximum Gasteiger partial charge on any atom is 0.308 e. The van der Waals surface area contributed by atoms with Crippen LogP contribution in [0.3, 0.4) is 0 Å². The molecule has 0 aromatic heterocycles. The van der Waals surface area contributed by atoms with Gasteiger partial charge in [-0.05, 0) is 25.7 Å². The van der Waals surface area contributed by atoms with E-state index in [2.05, 4.69) is 4.74 Å². The molecule has 0 spiro atoms. The van der Waals surface area contributed by atoms with Crippen molar-refractivity contribution in [3.63, 3.8) is 0 Å². The summed E-state index contributed by atoms with van der Waals surface area (Å²) in [5, 5.41) is 10.5. The average molecular weight is 271 g/mol. The van der Waals surface area contributed by atoms with E-state index in [1.165, 1.54) is 6.92 Å². The topological polar surface area (TPSA) is 55.8 Å². The first-order chi connectivity index (χ1) is 11.0. The Morgan fingerprint density at radius 2 is 2.21 bits per heavy atom. The molecule has 0 fully saturated rings. The van der Waals surface area contributed by atoms with Gasteiger partial charge in [-0.25, -0.2) is 0 Å². The molecule has 19 heavy (non-hydrogen) atoms. The van der Waals surface area contributed by atoms with Crippen molar-refractivity contribution in [1.29, 1.82) is 0 Å². The lowest BCUT2D eigenvalue weighted by atomic mass is 9.99. The zero-order valence-corrected chi connectivity index (χ0v) is 10.9. The Morgan fingerprint density at radius 1 is 1.47 bits per heavy atom. The van der Waals surface area contributed by atoms with Crippen molar-refractivity contribution in [3.8, 4) is 0 Å². The maximum absolute atomic E-state index is 11.6. The second-order valence-corrected chi connectivity index (χ2v) is 4.00. The lowest BCUT2D eigenvalue weighted by Crippen LogP contribution is -2.30. The Kier molecular flexibility index (Phi) is 3.96. The van der Waals surface area contributed by atoms with E-state index in [9.17, 15) is 9.90 Å². The summed E-state index contributed by atoms with van der Waals surface area (Å²) in [5.74, 6) is -0.983. The van der Waals surface area contributed by atoms with E-state index in [1.807, 2.05) is 6.07 Å². The molecule has 0 saturated carbocycles. The number of benzene rings is 1. The summed E-state index contributed by atoms with van der Waals surface area (Å²) in [4.78, 5) is 11.6. The molecule has 0 amide bonds. The SMILES string of the molecule is [2H]C([2H])([2H])C(O)(CC(=O)OCC)C([2H])([2H])COCc1ccccc1. The van der Waals surface area contributed by atoms with Crippen molar-refractivity contribution < 1.29 is 26.2 Å². The Labute approximate surface area is 121 Å². The minimum atomic E-state index is -3.13. The molecule has 1 unspecified atom stereocenters. The van der Waals surface area contributed by atoms with Crippen molar-refractivity contribution in [2.24, 2.45) is 0 Å². The maximum atomic E-state index is 11.6. The van der Waals surface area contributed by atoms with Gasteiger partial charge in [-0.2, -0.15) is 0 Å². The average Bonchev–Trinajstić information content (AvgIpc) is 2.47. The van der Waals surface area contributed by atoms with E-state index in [-0.39, 0.29) is 13.2 Å². The minimum absolute atomic E-state index is 0.00339. The Morgan fingerprint density at radius 3 is 2.84 bits per heavy atom. The van der Waals surface area contributed by atoms with Crippen molar-refractivity contribution in [3.05, 3.63) is 35.9 Å². The van der Waals surface area contributed by atoms with Gasteiger partial charge in [0.15, 0.2) is 0 Å². The van der Waals surface area contributed by atoms with E-state index in [0.29, 0.717) is 0 Å². The molecule has 0 aliphatic carbocycles. The molecule has 106 valence electrons. The summed E-state index contributed by atoms with van der Waals surface area (Å²) in [7, 11) is 0. The van der Waals surface area contributed by atoms with E-state index < -0.39 is 37.8 Å².